The predicted octanol–water partition coefficient (Wildman–Crippen LogP) is 3.37. The molecule has 0 radical (unpaired) electrons. The summed E-state index contributed by atoms with van der Waals surface area (Å²) in [7, 11) is 0. The summed E-state index contributed by atoms with van der Waals surface area (Å²) in [6.45, 7) is 4.13. The van der Waals surface area contributed by atoms with Crippen LogP contribution in [0.1, 0.15) is 13.8 Å². The molecule has 0 unspecified atom stereocenters. The molecule has 17 heavy (non-hydrogen) atoms. The molecule has 0 amide bonds. The van der Waals surface area contributed by atoms with Crippen molar-refractivity contribution >= 4 is 49.3 Å². The molecule has 0 aliphatic rings. The molecule has 0 aliphatic carbocycles. The van der Waals surface area contributed by atoms with Gasteiger partial charge in [-0.2, -0.15) is 0 Å². The third-order valence-corrected chi connectivity index (χ3v) is 3.67. The molecule has 0 atom stereocenters. The Bertz CT molecular complexity index is 547. The van der Waals surface area contributed by atoms with Gasteiger partial charge in [-0.15, -0.1) is 0 Å². The van der Waals surface area contributed by atoms with E-state index in [9.17, 15) is 0 Å². The van der Waals surface area contributed by atoms with Crippen molar-refractivity contribution in [3.05, 3.63) is 18.2 Å². The Labute approximate surface area is 108 Å². The topological polar surface area (TPSA) is 74.8 Å². The summed E-state index contributed by atoms with van der Waals surface area (Å²) in [4.78, 5) is 4.19. The normalized spacial score (nSPS) is 11.0. The summed E-state index contributed by atoms with van der Waals surface area (Å²) in [6, 6.07) is 5.80. The van der Waals surface area contributed by atoms with E-state index in [2.05, 4.69) is 24.1 Å². The number of nitrogens with one attached hydrogen (secondary N) is 2. The lowest BCUT2D eigenvalue weighted by Gasteiger charge is -2.09. The molecule has 0 fully saturated rings. The molecule has 6 heteroatoms. The fourth-order valence-corrected chi connectivity index (χ4v) is 2.84. The van der Waals surface area contributed by atoms with Crippen LogP contribution in [0, 0.1) is 5.41 Å². The van der Waals surface area contributed by atoms with Crippen molar-refractivity contribution < 1.29 is 0 Å². The Balaban J connectivity index is 2.16. The van der Waals surface area contributed by atoms with Crippen molar-refractivity contribution in [3.8, 4) is 0 Å². The number of thioether (sulfide) groups is 1. The molecule has 1 aromatic carbocycles. The van der Waals surface area contributed by atoms with Gasteiger partial charge in [-0.1, -0.05) is 36.9 Å². The lowest BCUT2D eigenvalue weighted by molar-refractivity contribution is 1.12. The summed E-state index contributed by atoms with van der Waals surface area (Å²) in [5, 5.41) is 12.3. The van der Waals surface area contributed by atoms with Crippen molar-refractivity contribution in [1.82, 2.24) is 4.98 Å². The quantitative estimate of drug-likeness (QED) is 0.575. The molecule has 2 rings (SSSR count). The van der Waals surface area contributed by atoms with Gasteiger partial charge in [-0.25, -0.2) is 4.98 Å². The molecule has 0 saturated heterocycles. The molecular weight excluding hydrogens is 252 g/mol. The number of hydrogen-bond acceptors (Lipinski definition) is 5. The van der Waals surface area contributed by atoms with Crippen molar-refractivity contribution in [2.75, 3.05) is 11.1 Å². The average molecular weight is 266 g/mol. The van der Waals surface area contributed by atoms with Gasteiger partial charge in [-0.3, -0.25) is 5.41 Å². The van der Waals surface area contributed by atoms with Crippen LogP contribution < -0.4 is 11.1 Å². The lowest BCUT2D eigenvalue weighted by Crippen LogP contribution is -2.08. The minimum Gasteiger partial charge on any atom is -0.375 e. The van der Waals surface area contributed by atoms with Crippen LogP contribution in [0.4, 0.5) is 10.8 Å². The van der Waals surface area contributed by atoms with Crippen LogP contribution in [-0.2, 0) is 0 Å². The van der Waals surface area contributed by atoms with Gasteiger partial charge in [0.05, 0.1) is 10.2 Å². The Morgan fingerprint density at radius 2 is 2.29 bits per heavy atom. The first-order valence-electron chi connectivity index (χ1n) is 5.23. The number of nitrogen functional groups attached to an aromatic ring is 1. The van der Waals surface area contributed by atoms with Crippen LogP contribution >= 0.6 is 23.1 Å². The number of amidine groups is 1. The highest BCUT2D eigenvalue weighted by molar-refractivity contribution is 8.14. The zero-order chi connectivity index (χ0) is 12.4. The first-order chi connectivity index (χ1) is 8.04. The molecule has 2 aromatic rings. The van der Waals surface area contributed by atoms with E-state index in [0.717, 1.165) is 15.9 Å². The van der Waals surface area contributed by atoms with Gasteiger partial charge in [0.1, 0.15) is 0 Å². The molecule has 1 heterocycles. The molecule has 0 bridgehead atoms. The second kappa shape index (κ2) is 4.93. The Morgan fingerprint density at radius 1 is 1.53 bits per heavy atom. The van der Waals surface area contributed by atoms with Crippen molar-refractivity contribution in [2.24, 2.45) is 0 Å². The SMILES string of the molecule is CC(C)SC(=N)Nc1ccc2nc(N)sc2c1. The van der Waals surface area contributed by atoms with Crippen LogP contribution in [0.15, 0.2) is 18.2 Å². The summed E-state index contributed by atoms with van der Waals surface area (Å²) >= 11 is 2.95. The van der Waals surface area contributed by atoms with Gasteiger partial charge in [0.25, 0.3) is 0 Å². The summed E-state index contributed by atoms with van der Waals surface area (Å²) in [5.41, 5.74) is 7.45. The van der Waals surface area contributed by atoms with Gasteiger partial charge in [-0.05, 0) is 18.2 Å². The average Bonchev–Trinajstić information content (AvgIpc) is 2.55. The fourth-order valence-electron chi connectivity index (χ4n) is 1.42. The van der Waals surface area contributed by atoms with Crippen molar-refractivity contribution in [1.29, 1.82) is 5.41 Å². The second-order valence-corrected chi connectivity index (χ2v) is 6.50. The predicted molar refractivity (Wildman–Crippen MR) is 78.1 cm³/mol. The number of nitrogens with two attached hydrogens (primary N) is 1. The standard InChI is InChI=1S/C11H14N4S2/c1-6(2)16-10(12)14-7-3-4-8-9(5-7)17-11(13)15-8/h3-6H,1-2H3,(H2,12,14)(H2,13,15). The van der Waals surface area contributed by atoms with E-state index in [-0.39, 0.29) is 0 Å². The molecule has 1 aromatic heterocycles. The largest absolute Gasteiger partial charge is 0.375 e. The molecular formula is C11H14N4S2. The van der Waals surface area contributed by atoms with Crippen LogP contribution in [0.25, 0.3) is 10.2 Å². The molecule has 4 N–H and O–H groups in total. The zero-order valence-corrected chi connectivity index (χ0v) is 11.3. The fraction of sp³-hybridized carbons (Fsp3) is 0.273. The van der Waals surface area contributed by atoms with Gasteiger partial charge in [0, 0.05) is 10.9 Å². The van der Waals surface area contributed by atoms with E-state index < -0.39 is 0 Å². The van der Waals surface area contributed by atoms with E-state index >= 15 is 0 Å². The number of thiazole rings is 1. The van der Waals surface area contributed by atoms with Crippen LogP contribution in [0.2, 0.25) is 0 Å². The summed E-state index contributed by atoms with van der Waals surface area (Å²) in [6.07, 6.45) is 0. The molecule has 0 saturated carbocycles. The van der Waals surface area contributed by atoms with Gasteiger partial charge in [0.2, 0.25) is 0 Å². The van der Waals surface area contributed by atoms with Gasteiger partial charge >= 0.3 is 0 Å². The minimum absolute atomic E-state index is 0.401. The maximum atomic E-state index is 7.78. The van der Waals surface area contributed by atoms with Gasteiger partial charge < -0.3 is 11.1 Å². The highest BCUT2D eigenvalue weighted by Gasteiger charge is 2.05. The molecule has 90 valence electrons. The van der Waals surface area contributed by atoms with Crippen molar-refractivity contribution in [3.63, 3.8) is 0 Å². The first kappa shape index (κ1) is 12.2. The molecule has 0 aliphatic heterocycles. The number of fused-ring (bicyclic) bond motifs is 1. The number of nitrogens with zero attached hydrogens (tertiary/aromatic N) is 1. The maximum Gasteiger partial charge on any atom is 0.181 e. The Morgan fingerprint density at radius 3 is 3.00 bits per heavy atom. The van der Waals surface area contributed by atoms with Crippen LogP contribution in [-0.4, -0.2) is 15.4 Å². The molecule has 4 nitrogen and oxygen atoms in total. The number of benzene rings is 1. The lowest BCUT2D eigenvalue weighted by atomic mass is 10.3. The number of anilines is 2. The zero-order valence-electron chi connectivity index (χ0n) is 9.65. The van der Waals surface area contributed by atoms with Crippen LogP contribution in [0.5, 0.6) is 0 Å². The first-order valence-corrected chi connectivity index (χ1v) is 6.92. The number of aromatic nitrogens is 1. The minimum atomic E-state index is 0.401. The van der Waals surface area contributed by atoms with Crippen LogP contribution in [0.3, 0.4) is 0 Å². The third kappa shape index (κ3) is 3.10. The maximum absolute atomic E-state index is 7.78. The number of hydrogen-bond donors (Lipinski definition) is 3. The second-order valence-electron chi connectivity index (χ2n) is 3.86. The smallest absolute Gasteiger partial charge is 0.181 e. The monoisotopic (exact) mass is 266 g/mol. The van der Waals surface area contributed by atoms with Gasteiger partial charge in [0.15, 0.2) is 10.3 Å². The van der Waals surface area contributed by atoms with E-state index in [0.29, 0.717) is 15.5 Å². The van der Waals surface area contributed by atoms with E-state index in [1.54, 1.807) is 0 Å². The van der Waals surface area contributed by atoms with Crippen molar-refractivity contribution in [2.45, 2.75) is 19.1 Å². The van der Waals surface area contributed by atoms with E-state index in [1.165, 1.54) is 23.1 Å². The molecule has 0 spiro atoms. The summed E-state index contributed by atoms with van der Waals surface area (Å²) < 4.78 is 1.04. The van der Waals surface area contributed by atoms with E-state index in [1.807, 2.05) is 18.2 Å². The highest BCUT2D eigenvalue weighted by Crippen LogP contribution is 2.27. The van der Waals surface area contributed by atoms with E-state index in [4.69, 9.17) is 11.1 Å². The Kier molecular flexibility index (Phi) is 3.54. The Hall–Kier alpha value is -1.27. The summed E-state index contributed by atoms with van der Waals surface area (Å²) in [5.74, 6) is 0. The highest BCUT2D eigenvalue weighted by atomic mass is 32.2. The number of rotatable bonds is 2. The third-order valence-electron chi connectivity index (χ3n) is 2.02.